The largest absolute Gasteiger partial charge is 0.370 e. The molecule has 0 amide bonds. The molecular weight excluding hydrogens is 244 g/mol. The highest BCUT2D eigenvalue weighted by molar-refractivity contribution is 5.54. The minimum absolute atomic E-state index is 0.0574. The molecule has 0 spiro atoms. The van der Waals surface area contributed by atoms with Crippen molar-refractivity contribution >= 4 is 17.3 Å². The summed E-state index contributed by atoms with van der Waals surface area (Å²) in [4.78, 5) is 14.7. The normalized spacial score (nSPS) is 10.2. The Bertz CT molecular complexity index is 410. The van der Waals surface area contributed by atoms with E-state index in [4.69, 9.17) is 0 Å². The van der Waals surface area contributed by atoms with E-state index in [1.54, 1.807) is 0 Å². The Balaban J connectivity index is 2.62. The lowest BCUT2D eigenvalue weighted by molar-refractivity contribution is -0.384. The first-order valence-corrected chi connectivity index (χ1v) is 6.81. The predicted octanol–water partition coefficient (Wildman–Crippen LogP) is 3.41. The summed E-state index contributed by atoms with van der Waals surface area (Å²) in [5.41, 5.74) is 0.0574. The van der Waals surface area contributed by atoms with Crippen LogP contribution < -0.4 is 10.6 Å². The third-order valence-corrected chi connectivity index (χ3v) is 2.72. The third kappa shape index (κ3) is 5.54. The van der Waals surface area contributed by atoms with E-state index in [9.17, 15) is 10.1 Å². The molecule has 1 heterocycles. The van der Waals surface area contributed by atoms with E-state index in [0.29, 0.717) is 18.2 Å². The van der Waals surface area contributed by atoms with E-state index < -0.39 is 4.92 Å². The molecule has 0 radical (unpaired) electrons. The lowest BCUT2D eigenvalue weighted by Crippen LogP contribution is -2.07. The summed E-state index contributed by atoms with van der Waals surface area (Å²) < 4.78 is 0. The van der Waals surface area contributed by atoms with E-state index in [2.05, 4.69) is 22.5 Å². The van der Waals surface area contributed by atoms with Gasteiger partial charge in [0.25, 0.3) is 5.69 Å². The van der Waals surface area contributed by atoms with Crippen molar-refractivity contribution in [3.63, 3.8) is 0 Å². The van der Waals surface area contributed by atoms with Gasteiger partial charge in [-0.1, -0.05) is 26.2 Å². The molecule has 0 saturated carbocycles. The van der Waals surface area contributed by atoms with E-state index in [-0.39, 0.29) is 5.69 Å². The molecule has 0 aliphatic heterocycles. The molecular formula is C13H22N4O2. The number of rotatable bonds is 9. The monoisotopic (exact) mass is 266 g/mol. The molecule has 0 atom stereocenters. The average molecular weight is 266 g/mol. The fourth-order valence-corrected chi connectivity index (χ4v) is 1.75. The number of hydrogen-bond donors (Lipinski definition) is 2. The number of anilines is 2. The molecule has 2 N–H and O–H groups in total. The van der Waals surface area contributed by atoms with Crippen molar-refractivity contribution < 1.29 is 4.92 Å². The van der Waals surface area contributed by atoms with Crippen LogP contribution in [-0.4, -0.2) is 23.0 Å². The number of nitrogens with one attached hydrogen (secondary N) is 2. The van der Waals surface area contributed by atoms with Crippen molar-refractivity contribution in [1.29, 1.82) is 0 Å². The molecule has 6 nitrogen and oxygen atoms in total. The minimum atomic E-state index is -0.398. The van der Waals surface area contributed by atoms with Crippen LogP contribution in [0.4, 0.5) is 17.3 Å². The van der Waals surface area contributed by atoms with Gasteiger partial charge in [-0.25, -0.2) is 4.98 Å². The zero-order valence-electron chi connectivity index (χ0n) is 11.6. The van der Waals surface area contributed by atoms with Gasteiger partial charge in [0, 0.05) is 13.1 Å². The van der Waals surface area contributed by atoms with Gasteiger partial charge in [-0.2, -0.15) is 0 Å². The zero-order chi connectivity index (χ0) is 14.1. The van der Waals surface area contributed by atoms with Crippen molar-refractivity contribution in [3.05, 3.63) is 22.2 Å². The second-order valence-electron chi connectivity index (χ2n) is 4.37. The summed E-state index contributed by atoms with van der Waals surface area (Å²) in [6.07, 6.45) is 4.62. The second-order valence-corrected chi connectivity index (χ2v) is 4.37. The van der Waals surface area contributed by atoms with Crippen molar-refractivity contribution in [2.45, 2.75) is 39.5 Å². The maximum absolute atomic E-state index is 10.8. The number of pyridine rings is 1. The molecule has 1 aromatic rings. The molecule has 0 bridgehead atoms. The molecule has 0 saturated heterocycles. The molecule has 19 heavy (non-hydrogen) atoms. The van der Waals surface area contributed by atoms with Crippen LogP contribution in [0.25, 0.3) is 0 Å². The number of hydrogen-bond acceptors (Lipinski definition) is 5. The molecule has 1 rings (SSSR count). The Morgan fingerprint density at radius 2 is 1.84 bits per heavy atom. The predicted molar refractivity (Wildman–Crippen MR) is 77.7 cm³/mol. The van der Waals surface area contributed by atoms with Gasteiger partial charge >= 0.3 is 0 Å². The first kappa shape index (κ1) is 15.2. The molecule has 106 valence electrons. The van der Waals surface area contributed by atoms with Gasteiger partial charge < -0.3 is 10.6 Å². The highest BCUT2D eigenvalue weighted by Gasteiger charge is 2.10. The lowest BCUT2D eigenvalue weighted by atomic mass is 10.2. The van der Waals surface area contributed by atoms with Crippen molar-refractivity contribution in [1.82, 2.24) is 4.98 Å². The van der Waals surface area contributed by atoms with Gasteiger partial charge in [0.05, 0.1) is 17.1 Å². The van der Waals surface area contributed by atoms with Crippen LogP contribution in [0.5, 0.6) is 0 Å². The summed E-state index contributed by atoms with van der Waals surface area (Å²) in [6.45, 7) is 5.57. The highest BCUT2D eigenvalue weighted by Crippen LogP contribution is 2.20. The second kappa shape index (κ2) is 8.29. The molecule has 0 aliphatic carbocycles. The Morgan fingerprint density at radius 3 is 2.42 bits per heavy atom. The van der Waals surface area contributed by atoms with Crippen LogP contribution in [0, 0.1) is 10.1 Å². The maximum atomic E-state index is 10.8. The molecule has 1 aromatic heterocycles. The first-order chi connectivity index (χ1) is 9.17. The van der Waals surface area contributed by atoms with Crippen molar-refractivity contribution in [3.8, 4) is 0 Å². The van der Waals surface area contributed by atoms with Gasteiger partial charge in [-0.15, -0.1) is 0 Å². The standard InChI is InChI=1S/C13H22N4O2/c1-3-5-6-7-8-15-13-10-11(17(18)19)9-12(16-13)14-4-2/h9-10H,3-8H2,1-2H3,(H2,14,15,16). The lowest BCUT2D eigenvalue weighted by Gasteiger charge is -2.08. The first-order valence-electron chi connectivity index (χ1n) is 6.81. The molecule has 6 heteroatoms. The SMILES string of the molecule is CCCCCCNc1cc([N+](=O)[O-])cc(NCC)n1. The Kier molecular flexibility index (Phi) is 6.63. The Labute approximate surface area is 113 Å². The number of nitrogens with zero attached hydrogens (tertiary/aromatic N) is 2. The number of unbranched alkanes of at least 4 members (excludes halogenated alkanes) is 3. The van der Waals surface area contributed by atoms with E-state index in [1.165, 1.54) is 31.4 Å². The van der Waals surface area contributed by atoms with Crippen molar-refractivity contribution in [2.24, 2.45) is 0 Å². The zero-order valence-corrected chi connectivity index (χ0v) is 11.6. The van der Waals surface area contributed by atoms with Gasteiger partial charge in [-0.3, -0.25) is 10.1 Å². The molecule has 0 fully saturated rings. The van der Waals surface area contributed by atoms with Crippen LogP contribution in [-0.2, 0) is 0 Å². The van der Waals surface area contributed by atoms with E-state index in [0.717, 1.165) is 13.0 Å². The summed E-state index contributed by atoms with van der Waals surface area (Å²) in [5, 5.41) is 17.0. The van der Waals surface area contributed by atoms with E-state index in [1.807, 2.05) is 6.92 Å². The van der Waals surface area contributed by atoms with Crippen LogP contribution in [0.1, 0.15) is 39.5 Å². The van der Waals surface area contributed by atoms with Crippen LogP contribution >= 0.6 is 0 Å². The summed E-state index contributed by atoms with van der Waals surface area (Å²) in [6, 6.07) is 2.92. The molecule has 0 aliphatic rings. The summed E-state index contributed by atoms with van der Waals surface area (Å²) in [7, 11) is 0. The van der Waals surface area contributed by atoms with Gasteiger partial charge in [0.1, 0.15) is 11.6 Å². The van der Waals surface area contributed by atoms with Gasteiger partial charge in [-0.05, 0) is 13.3 Å². The Morgan fingerprint density at radius 1 is 1.16 bits per heavy atom. The number of nitro groups is 1. The average Bonchev–Trinajstić information content (AvgIpc) is 2.38. The smallest absolute Gasteiger partial charge is 0.276 e. The molecule has 0 unspecified atom stereocenters. The van der Waals surface area contributed by atoms with Crippen molar-refractivity contribution in [2.75, 3.05) is 23.7 Å². The van der Waals surface area contributed by atoms with Gasteiger partial charge in [0.15, 0.2) is 0 Å². The quantitative estimate of drug-likeness (QED) is 0.406. The Hall–Kier alpha value is -1.85. The fraction of sp³-hybridized carbons (Fsp3) is 0.615. The molecule has 0 aromatic carbocycles. The highest BCUT2D eigenvalue weighted by atomic mass is 16.6. The number of aromatic nitrogens is 1. The topological polar surface area (TPSA) is 80.1 Å². The van der Waals surface area contributed by atoms with Crippen LogP contribution in [0.15, 0.2) is 12.1 Å². The fourth-order valence-electron chi connectivity index (χ4n) is 1.75. The minimum Gasteiger partial charge on any atom is -0.370 e. The maximum Gasteiger partial charge on any atom is 0.276 e. The third-order valence-electron chi connectivity index (χ3n) is 2.72. The van der Waals surface area contributed by atoms with E-state index >= 15 is 0 Å². The summed E-state index contributed by atoms with van der Waals surface area (Å²) in [5.74, 6) is 1.09. The van der Waals surface area contributed by atoms with Gasteiger partial charge in [0.2, 0.25) is 0 Å². The summed E-state index contributed by atoms with van der Waals surface area (Å²) >= 11 is 0. The van der Waals surface area contributed by atoms with Crippen LogP contribution in [0.2, 0.25) is 0 Å². The van der Waals surface area contributed by atoms with Crippen LogP contribution in [0.3, 0.4) is 0 Å².